The van der Waals surface area contributed by atoms with Gasteiger partial charge in [0.2, 0.25) is 11.8 Å². The van der Waals surface area contributed by atoms with Gasteiger partial charge in [0.1, 0.15) is 6.10 Å². The van der Waals surface area contributed by atoms with E-state index in [1.807, 2.05) is 25.1 Å². The highest BCUT2D eigenvalue weighted by Gasteiger charge is 2.40. The highest BCUT2D eigenvalue weighted by atomic mass is 35.5. The van der Waals surface area contributed by atoms with Gasteiger partial charge in [-0.25, -0.2) is 9.97 Å². The van der Waals surface area contributed by atoms with Crippen molar-refractivity contribution in [1.82, 2.24) is 9.97 Å². The third kappa shape index (κ3) is 5.56. The number of hydrogen-bond acceptors (Lipinski definition) is 8. The maximum atomic E-state index is 11.4. The van der Waals surface area contributed by atoms with E-state index >= 15 is 0 Å². The molecule has 35 heavy (non-hydrogen) atoms. The smallest absolute Gasteiger partial charge is 0.305 e. The minimum Gasteiger partial charge on any atom is -0.481 e. The van der Waals surface area contributed by atoms with Crippen LogP contribution >= 0.6 is 11.6 Å². The number of anilines is 2. The first kappa shape index (κ1) is 25.3. The SMILES string of the molecule is COc1cc(N2CCC(Oc3ccc(N4C[C@H](OC)[C@@H](C)[C@@H]4CC(=O)O)cn3)C(C)C2)c(Cl)cn1. The number of carboxylic acid groups (broad SMARTS) is 1. The number of halogens is 1. The van der Waals surface area contributed by atoms with E-state index in [0.29, 0.717) is 23.3 Å². The van der Waals surface area contributed by atoms with Crippen LogP contribution in [0.15, 0.2) is 30.6 Å². The lowest BCUT2D eigenvalue weighted by molar-refractivity contribution is -0.137. The van der Waals surface area contributed by atoms with E-state index in [4.69, 9.17) is 25.8 Å². The molecule has 2 unspecified atom stereocenters. The van der Waals surface area contributed by atoms with Crippen LogP contribution in [0, 0.1) is 11.8 Å². The van der Waals surface area contributed by atoms with Crippen LogP contribution in [-0.4, -0.2) is 73.1 Å². The van der Waals surface area contributed by atoms with Gasteiger partial charge in [-0.3, -0.25) is 4.79 Å². The van der Waals surface area contributed by atoms with Crippen LogP contribution in [0.5, 0.6) is 11.8 Å². The van der Waals surface area contributed by atoms with Crippen molar-refractivity contribution < 1.29 is 24.1 Å². The first-order chi connectivity index (χ1) is 16.8. The van der Waals surface area contributed by atoms with Crippen LogP contribution in [-0.2, 0) is 9.53 Å². The molecule has 0 radical (unpaired) electrons. The van der Waals surface area contributed by atoms with Crippen LogP contribution in [0.3, 0.4) is 0 Å². The van der Waals surface area contributed by atoms with Crippen molar-refractivity contribution in [2.75, 3.05) is 43.7 Å². The Labute approximate surface area is 211 Å². The molecule has 0 saturated carbocycles. The zero-order chi connectivity index (χ0) is 25.1. The molecule has 4 heterocycles. The number of piperidine rings is 1. The van der Waals surface area contributed by atoms with E-state index in [1.54, 1.807) is 26.6 Å². The lowest BCUT2D eigenvalue weighted by Gasteiger charge is -2.38. The lowest BCUT2D eigenvalue weighted by atomic mass is 9.96. The molecule has 9 nitrogen and oxygen atoms in total. The molecule has 0 aliphatic carbocycles. The second-order valence-corrected chi connectivity index (χ2v) is 9.76. The molecule has 2 aliphatic rings. The summed E-state index contributed by atoms with van der Waals surface area (Å²) in [6.07, 6.45) is 4.27. The molecule has 2 fully saturated rings. The molecule has 5 atom stereocenters. The van der Waals surface area contributed by atoms with Crippen LogP contribution < -0.4 is 19.3 Å². The summed E-state index contributed by atoms with van der Waals surface area (Å²) in [6.45, 7) is 6.41. The standard InChI is InChI=1S/C25H33ClN4O5/c1-15-13-29(20-9-24(34-4)28-12-18(20)26)8-7-21(15)35-23-6-5-17(11-27-23)30-14-22(33-3)16(2)19(30)10-25(31)32/h5-6,9,11-12,15-16,19,21-22H,7-8,10,13-14H2,1-4H3,(H,31,32)/t15?,16-,19-,21?,22-/m0/s1. The molecule has 4 rings (SSSR count). The van der Waals surface area contributed by atoms with Crippen LogP contribution in [0.25, 0.3) is 0 Å². The predicted molar refractivity (Wildman–Crippen MR) is 134 cm³/mol. The fraction of sp³-hybridized carbons (Fsp3) is 0.560. The van der Waals surface area contributed by atoms with E-state index in [1.165, 1.54) is 0 Å². The normalized spacial score (nSPS) is 26.6. The Hall–Kier alpha value is -2.78. The predicted octanol–water partition coefficient (Wildman–Crippen LogP) is 3.75. The molecule has 0 spiro atoms. The largest absolute Gasteiger partial charge is 0.481 e. The van der Waals surface area contributed by atoms with Gasteiger partial charge >= 0.3 is 5.97 Å². The maximum absolute atomic E-state index is 11.4. The third-order valence-corrected chi connectivity index (χ3v) is 7.46. The summed E-state index contributed by atoms with van der Waals surface area (Å²) >= 11 is 6.39. The van der Waals surface area contributed by atoms with Crippen molar-refractivity contribution in [3.63, 3.8) is 0 Å². The van der Waals surface area contributed by atoms with Crippen LogP contribution in [0.2, 0.25) is 5.02 Å². The number of carbonyl (C=O) groups is 1. The number of rotatable bonds is 8. The Balaban J connectivity index is 1.40. The van der Waals surface area contributed by atoms with Gasteiger partial charge in [-0.05, 0) is 6.07 Å². The highest BCUT2D eigenvalue weighted by molar-refractivity contribution is 6.33. The molecule has 0 aromatic carbocycles. The van der Waals surface area contributed by atoms with Gasteiger partial charge < -0.3 is 29.1 Å². The molecule has 10 heteroatoms. The summed E-state index contributed by atoms with van der Waals surface area (Å²) in [7, 11) is 3.26. The number of ether oxygens (including phenoxy) is 3. The van der Waals surface area contributed by atoms with Gasteiger partial charge in [-0.2, -0.15) is 0 Å². The van der Waals surface area contributed by atoms with Crippen molar-refractivity contribution >= 4 is 28.9 Å². The van der Waals surface area contributed by atoms with Gasteiger partial charge in [0.15, 0.2) is 0 Å². The Bertz CT molecular complexity index is 1020. The number of aromatic nitrogens is 2. The zero-order valence-electron chi connectivity index (χ0n) is 20.6. The molecule has 0 bridgehead atoms. The lowest BCUT2D eigenvalue weighted by Crippen LogP contribution is -2.44. The molecule has 0 amide bonds. The maximum Gasteiger partial charge on any atom is 0.305 e. The highest BCUT2D eigenvalue weighted by Crippen LogP contribution is 2.35. The third-order valence-electron chi connectivity index (χ3n) is 7.17. The van der Waals surface area contributed by atoms with E-state index in [-0.39, 0.29) is 36.5 Å². The molecular formula is C25H33ClN4O5. The number of nitrogens with zero attached hydrogens (tertiary/aromatic N) is 4. The summed E-state index contributed by atoms with van der Waals surface area (Å²) in [6, 6.07) is 5.53. The fourth-order valence-corrected chi connectivity index (χ4v) is 5.36. The average molecular weight is 505 g/mol. The van der Waals surface area contributed by atoms with Crippen molar-refractivity contribution in [2.24, 2.45) is 11.8 Å². The molecule has 2 aromatic rings. The van der Waals surface area contributed by atoms with Gasteiger partial charge in [-0.1, -0.05) is 25.4 Å². The number of methoxy groups -OCH3 is 2. The number of carboxylic acids is 1. The summed E-state index contributed by atoms with van der Waals surface area (Å²) in [5, 5.41) is 9.98. The number of hydrogen-bond donors (Lipinski definition) is 1. The van der Waals surface area contributed by atoms with Gasteiger partial charge in [-0.15, -0.1) is 0 Å². The zero-order valence-corrected chi connectivity index (χ0v) is 21.3. The van der Waals surface area contributed by atoms with Gasteiger partial charge in [0, 0.05) is 63.2 Å². The Morgan fingerprint density at radius 2 is 1.91 bits per heavy atom. The van der Waals surface area contributed by atoms with Crippen LogP contribution in [0.4, 0.5) is 11.4 Å². The summed E-state index contributed by atoms with van der Waals surface area (Å²) in [5.74, 6) is 0.639. The summed E-state index contributed by atoms with van der Waals surface area (Å²) < 4.78 is 17.1. The van der Waals surface area contributed by atoms with Gasteiger partial charge in [0.25, 0.3) is 0 Å². The fourth-order valence-electron chi connectivity index (χ4n) is 5.14. The molecule has 2 aromatic heterocycles. The van der Waals surface area contributed by atoms with Crippen molar-refractivity contribution in [3.05, 3.63) is 35.6 Å². The number of aliphatic carboxylic acids is 1. The van der Waals surface area contributed by atoms with Crippen molar-refractivity contribution in [3.8, 4) is 11.8 Å². The topological polar surface area (TPSA) is 97.2 Å². The molecule has 2 saturated heterocycles. The first-order valence-electron chi connectivity index (χ1n) is 11.9. The second-order valence-electron chi connectivity index (χ2n) is 9.35. The van der Waals surface area contributed by atoms with E-state index < -0.39 is 5.97 Å². The minimum absolute atomic E-state index is 0.0184. The molecule has 1 N–H and O–H groups in total. The Morgan fingerprint density at radius 1 is 1.14 bits per heavy atom. The molecule has 190 valence electrons. The van der Waals surface area contributed by atoms with E-state index in [9.17, 15) is 9.90 Å². The quantitative estimate of drug-likeness (QED) is 0.576. The van der Waals surface area contributed by atoms with E-state index in [0.717, 1.165) is 30.9 Å². The molecule has 2 aliphatic heterocycles. The van der Waals surface area contributed by atoms with Crippen molar-refractivity contribution in [2.45, 2.75) is 44.9 Å². The number of pyridine rings is 2. The Morgan fingerprint density at radius 3 is 2.54 bits per heavy atom. The monoisotopic (exact) mass is 504 g/mol. The van der Waals surface area contributed by atoms with Gasteiger partial charge in [0.05, 0.1) is 48.4 Å². The summed E-state index contributed by atoms with van der Waals surface area (Å²) in [4.78, 5) is 24.4. The average Bonchev–Trinajstić information content (AvgIpc) is 3.16. The van der Waals surface area contributed by atoms with Crippen LogP contribution in [0.1, 0.15) is 26.7 Å². The van der Waals surface area contributed by atoms with E-state index in [2.05, 4.69) is 26.7 Å². The Kier molecular flexibility index (Phi) is 7.86. The minimum atomic E-state index is -0.816. The molecular weight excluding hydrogens is 472 g/mol. The summed E-state index contributed by atoms with van der Waals surface area (Å²) in [5.41, 5.74) is 1.79. The second kappa shape index (κ2) is 10.9. The van der Waals surface area contributed by atoms with Crippen molar-refractivity contribution in [1.29, 1.82) is 0 Å². The first-order valence-corrected chi connectivity index (χ1v) is 12.3.